The zero-order valence-corrected chi connectivity index (χ0v) is 17.4. The molecule has 2 amide bonds. The monoisotopic (exact) mass is 411 g/mol. The van der Waals surface area contributed by atoms with E-state index in [4.69, 9.17) is 0 Å². The molecule has 3 aromatic rings. The molecule has 2 aliphatic heterocycles. The van der Waals surface area contributed by atoms with Crippen molar-refractivity contribution >= 4 is 17.5 Å². The number of amides is 2. The first-order valence-electron chi connectivity index (χ1n) is 10.7. The molecule has 2 aliphatic rings. The smallest absolute Gasteiger partial charge is 0.253 e. The van der Waals surface area contributed by atoms with Crippen LogP contribution in [0.4, 0.5) is 5.69 Å². The molecule has 5 nitrogen and oxygen atoms in total. The Morgan fingerprint density at radius 2 is 1.35 bits per heavy atom. The van der Waals surface area contributed by atoms with E-state index in [-0.39, 0.29) is 17.9 Å². The average Bonchev–Trinajstić information content (AvgIpc) is 2.79. The van der Waals surface area contributed by atoms with Gasteiger partial charge in [-0.1, -0.05) is 60.7 Å². The number of carbonyl (C=O) groups is 2. The molecule has 31 heavy (non-hydrogen) atoms. The quantitative estimate of drug-likeness (QED) is 0.660. The Morgan fingerprint density at radius 3 is 2.00 bits per heavy atom. The highest BCUT2D eigenvalue weighted by molar-refractivity contribution is 5.96. The van der Waals surface area contributed by atoms with Crippen LogP contribution in [0.2, 0.25) is 0 Å². The van der Waals surface area contributed by atoms with Crippen LogP contribution in [0.15, 0.2) is 84.9 Å². The van der Waals surface area contributed by atoms with E-state index in [2.05, 4.69) is 17.0 Å². The summed E-state index contributed by atoms with van der Waals surface area (Å²) in [6.07, 6.45) is 0. The number of benzene rings is 3. The molecule has 5 heteroatoms. The first kappa shape index (κ1) is 19.5. The van der Waals surface area contributed by atoms with Crippen LogP contribution in [-0.2, 0) is 4.79 Å². The van der Waals surface area contributed by atoms with Crippen molar-refractivity contribution in [3.63, 3.8) is 0 Å². The summed E-state index contributed by atoms with van der Waals surface area (Å²) in [7, 11) is 0. The molecule has 2 saturated heterocycles. The minimum absolute atomic E-state index is 0.0603. The van der Waals surface area contributed by atoms with Gasteiger partial charge in [-0.3, -0.25) is 14.5 Å². The number of rotatable bonds is 4. The van der Waals surface area contributed by atoms with Gasteiger partial charge >= 0.3 is 0 Å². The summed E-state index contributed by atoms with van der Waals surface area (Å²) in [6.45, 7) is 3.29. The maximum absolute atomic E-state index is 12.8. The number of piperazine rings is 1. The molecule has 156 valence electrons. The number of para-hydroxylation sites is 1. The van der Waals surface area contributed by atoms with Crippen molar-refractivity contribution in [2.75, 3.05) is 37.6 Å². The molecule has 0 spiro atoms. The van der Waals surface area contributed by atoms with Crippen LogP contribution in [0.5, 0.6) is 0 Å². The minimum Gasteiger partial charge on any atom is -0.335 e. The zero-order chi connectivity index (χ0) is 21.2. The molecule has 0 atom stereocenters. The Kier molecular flexibility index (Phi) is 5.26. The molecule has 0 radical (unpaired) electrons. The number of carbonyl (C=O) groups excluding carboxylic acids is 2. The highest BCUT2D eigenvalue weighted by Crippen LogP contribution is 2.24. The van der Waals surface area contributed by atoms with Gasteiger partial charge in [-0.05, 0) is 35.4 Å². The maximum atomic E-state index is 12.8. The molecule has 0 aliphatic carbocycles. The van der Waals surface area contributed by atoms with Crippen LogP contribution in [0.25, 0.3) is 11.1 Å². The van der Waals surface area contributed by atoms with Gasteiger partial charge < -0.3 is 9.80 Å². The van der Waals surface area contributed by atoms with Crippen LogP contribution < -0.4 is 4.90 Å². The van der Waals surface area contributed by atoms with Crippen molar-refractivity contribution in [1.82, 2.24) is 9.80 Å². The molecule has 0 bridgehead atoms. The van der Waals surface area contributed by atoms with Crippen molar-refractivity contribution in [2.24, 2.45) is 0 Å². The van der Waals surface area contributed by atoms with E-state index in [9.17, 15) is 9.59 Å². The van der Waals surface area contributed by atoms with Gasteiger partial charge in [0.25, 0.3) is 5.91 Å². The van der Waals surface area contributed by atoms with Crippen LogP contribution in [0, 0.1) is 0 Å². The van der Waals surface area contributed by atoms with Crippen LogP contribution >= 0.6 is 0 Å². The summed E-state index contributed by atoms with van der Waals surface area (Å²) in [5, 5.41) is 0. The second-order valence-electron chi connectivity index (χ2n) is 8.16. The molecule has 0 aromatic heterocycles. The minimum atomic E-state index is 0.0603. The molecular formula is C26H25N3O2. The summed E-state index contributed by atoms with van der Waals surface area (Å²) in [5.41, 5.74) is 3.91. The summed E-state index contributed by atoms with van der Waals surface area (Å²) in [5.74, 6) is 0.184. The third kappa shape index (κ3) is 3.97. The fraction of sp³-hybridized carbons (Fsp3) is 0.231. The highest BCUT2D eigenvalue weighted by atomic mass is 16.2. The third-order valence-corrected chi connectivity index (χ3v) is 6.22. The van der Waals surface area contributed by atoms with Crippen LogP contribution in [0.3, 0.4) is 0 Å². The highest BCUT2D eigenvalue weighted by Gasteiger charge is 2.38. The van der Waals surface area contributed by atoms with E-state index in [0.29, 0.717) is 31.7 Å². The number of hydrogen-bond donors (Lipinski definition) is 0. The third-order valence-electron chi connectivity index (χ3n) is 6.22. The lowest BCUT2D eigenvalue weighted by molar-refractivity contribution is -0.123. The number of hydrogen-bond acceptors (Lipinski definition) is 3. The van der Waals surface area contributed by atoms with Gasteiger partial charge in [-0.25, -0.2) is 0 Å². The molecule has 0 saturated carbocycles. The molecular weight excluding hydrogens is 386 g/mol. The first-order chi connectivity index (χ1) is 15.2. The van der Waals surface area contributed by atoms with Gasteiger partial charge in [0.2, 0.25) is 5.91 Å². The Bertz CT molecular complexity index is 1060. The van der Waals surface area contributed by atoms with Crippen molar-refractivity contribution in [2.45, 2.75) is 6.04 Å². The van der Waals surface area contributed by atoms with Crippen molar-refractivity contribution < 1.29 is 9.59 Å². The van der Waals surface area contributed by atoms with E-state index in [0.717, 1.165) is 23.4 Å². The van der Waals surface area contributed by atoms with Crippen molar-refractivity contribution in [3.8, 4) is 11.1 Å². The Labute approximate surface area is 182 Å². The molecule has 5 rings (SSSR count). The summed E-state index contributed by atoms with van der Waals surface area (Å²) >= 11 is 0. The predicted octanol–water partition coefficient (Wildman–Crippen LogP) is 3.53. The van der Waals surface area contributed by atoms with E-state index >= 15 is 0 Å². The first-order valence-corrected chi connectivity index (χ1v) is 10.7. The topological polar surface area (TPSA) is 43.9 Å². The Hall–Kier alpha value is -3.44. The fourth-order valence-electron chi connectivity index (χ4n) is 4.35. The van der Waals surface area contributed by atoms with Gasteiger partial charge in [0.05, 0.1) is 6.54 Å². The largest absolute Gasteiger partial charge is 0.335 e. The standard InChI is InChI=1S/C26H25N3O2/c30-25-19-27(15-16-29(25)23-9-5-2-6-10-23)24-17-28(18-24)26(31)22-13-11-21(12-14-22)20-7-3-1-4-8-20/h1-14,24H,15-19H2. The van der Waals surface area contributed by atoms with E-state index in [1.807, 2.05) is 82.6 Å². The molecule has 0 unspecified atom stereocenters. The summed E-state index contributed by atoms with van der Waals surface area (Å²) in [4.78, 5) is 31.4. The average molecular weight is 412 g/mol. The number of anilines is 1. The number of likely N-dealkylation sites (tertiary alicyclic amines) is 1. The van der Waals surface area contributed by atoms with Crippen LogP contribution in [-0.4, -0.2) is 60.4 Å². The Morgan fingerprint density at radius 1 is 0.742 bits per heavy atom. The fourth-order valence-corrected chi connectivity index (χ4v) is 4.35. The van der Waals surface area contributed by atoms with Gasteiger partial charge in [-0.15, -0.1) is 0 Å². The van der Waals surface area contributed by atoms with E-state index in [1.165, 1.54) is 0 Å². The lowest BCUT2D eigenvalue weighted by atomic mass is 10.0. The summed E-state index contributed by atoms with van der Waals surface area (Å²) in [6, 6.07) is 28.0. The summed E-state index contributed by atoms with van der Waals surface area (Å²) < 4.78 is 0. The van der Waals surface area contributed by atoms with E-state index < -0.39 is 0 Å². The number of nitrogens with zero attached hydrogens (tertiary/aromatic N) is 3. The SMILES string of the molecule is O=C(c1ccc(-c2ccccc2)cc1)N1CC(N2CCN(c3ccccc3)C(=O)C2)C1. The second-order valence-corrected chi connectivity index (χ2v) is 8.16. The Balaban J connectivity index is 1.16. The maximum Gasteiger partial charge on any atom is 0.253 e. The van der Waals surface area contributed by atoms with Gasteiger partial charge in [0.15, 0.2) is 0 Å². The zero-order valence-electron chi connectivity index (χ0n) is 17.4. The lowest BCUT2D eigenvalue weighted by Gasteiger charge is -2.47. The lowest BCUT2D eigenvalue weighted by Crippen LogP contribution is -2.65. The van der Waals surface area contributed by atoms with Crippen molar-refractivity contribution in [3.05, 3.63) is 90.5 Å². The van der Waals surface area contributed by atoms with Gasteiger partial charge in [0.1, 0.15) is 0 Å². The van der Waals surface area contributed by atoms with E-state index in [1.54, 1.807) is 0 Å². The van der Waals surface area contributed by atoms with Crippen LogP contribution in [0.1, 0.15) is 10.4 Å². The molecule has 2 heterocycles. The van der Waals surface area contributed by atoms with Crippen molar-refractivity contribution in [1.29, 1.82) is 0 Å². The molecule has 0 N–H and O–H groups in total. The second kappa shape index (κ2) is 8.36. The molecule has 3 aromatic carbocycles. The van der Waals surface area contributed by atoms with Gasteiger partial charge in [-0.2, -0.15) is 0 Å². The predicted molar refractivity (Wildman–Crippen MR) is 122 cm³/mol. The van der Waals surface area contributed by atoms with Gasteiger partial charge in [0, 0.05) is 43.5 Å². The molecule has 2 fully saturated rings. The normalized spacial score (nSPS) is 17.5.